The molecule has 0 aliphatic heterocycles. The summed E-state index contributed by atoms with van der Waals surface area (Å²) in [7, 11) is 2.86. The average molecular weight is 530 g/mol. The second-order valence-corrected chi connectivity index (χ2v) is 10.0. The molecule has 0 N–H and O–H groups in total. The van der Waals surface area contributed by atoms with Crippen molar-refractivity contribution in [2.24, 2.45) is 0 Å². The van der Waals surface area contributed by atoms with E-state index >= 15 is 0 Å². The minimum atomic E-state index is -0.299. The highest BCUT2D eigenvalue weighted by molar-refractivity contribution is 5.89. The number of para-hydroxylation sites is 1. The Bertz CT molecular complexity index is 1230. The molecule has 4 rings (SSSR count). The molecule has 3 aromatic carbocycles. The zero-order chi connectivity index (χ0) is 27.5. The summed E-state index contributed by atoms with van der Waals surface area (Å²) in [4.78, 5) is 26.3. The molecule has 0 fully saturated rings. The number of rotatable bonds is 13. The van der Waals surface area contributed by atoms with Gasteiger partial charge in [0.2, 0.25) is 0 Å². The van der Waals surface area contributed by atoms with Crippen molar-refractivity contribution in [1.82, 2.24) is 4.90 Å². The van der Waals surface area contributed by atoms with E-state index in [9.17, 15) is 9.59 Å². The van der Waals surface area contributed by atoms with Gasteiger partial charge < -0.3 is 14.2 Å². The smallest absolute Gasteiger partial charge is 0.337 e. The van der Waals surface area contributed by atoms with Gasteiger partial charge >= 0.3 is 11.9 Å². The summed E-state index contributed by atoms with van der Waals surface area (Å²) in [6.07, 6.45) is 6.08. The van der Waals surface area contributed by atoms with Crippen LogP contribution in [-0.2, 0) is 33.7 Å². The second kappa shape index (κ2) is 14.5. The van der Waals surface area contributed by atoms with Crippen LogP contribution in [0.4, 0.5) is 0 Å². The summed E-state index contributed by atoms with van der Waals surface area (Å²) in [6.45, 7) is 2.29. The minimum absolute atomic E-state index is 0.163. The third kappa shape index (κ3) is 7.93. The van der Waals surface area contributed by atoms with E-state index in [4.69, 9.17) is 14.2 Å². The number of hydrogen-bond acceptors (Lipinski definition) is 6. The summed E-state index contributed by atoms with van der Waals surface area (Å²) >= 11 is 0. The number of methoxy groups -OCH3 is 2. The fourth-order valence-corrected chi connectivity index (χ4v) is 5.37. The van der Waals surface area contributed by atoms with Gasteiger partial charge in [0.15, 0.2) is 0 Å². The van der Waals surface area contributed by atoms with Crippen molar-refractivity contribution >= 4 is 11.9 Å². The van der Waals surface area contributed by atoms with E-state index in [1.807, 2.05) is 42.5 Å². The van der Waals surface area contributed by atoms with Crippen LogP contribution in [0.1, 0.15) is 70.8 Å². The molecule has 0 heterocycles. The van der Waals surface area contributed by atoms with Gasteiger partial charge in [0.05, 0.1) is 19.8 Å². The van der Waals surface area contributed by atoms with Crippen molar-refractivity contribution in [3.8, 4) is 5.75 Å². The number of carbonyl (C=O) groups is 2. The Morgan fingerprint density at radius 3 is 2.49 bits per heavy atom. The first-order chi connectivity index (χ1) is 19.1. The summed E-state index contributed by atoms with van der Waals surface area (Å²) in [5.41, 5.74) is 5.44. The van der Waals surface area contributed by atoms with Gasteiger partial charge in [-0.2, -0.15) is 0 Å². The maximum atomic E-state index is 12.1. The molecule has 1 atom stereocenters. The van der Waals surface area contributed by atoms with Crippen LogP contribution in [0.2, 0.25) is 0 Å². The van der Waals surface area contributed by atoms with Gasteiger partial charge in [-0.1, -0.05) is 54.6 Å². The van der Waals surface area contributed by atoms with Gasteiger partial charge in [-0.15, -0.1) is 0 Å². The number of benzene rings is 3. The Balaban J connectivity index is 1.49. The predicted molar refractivity (Wildman–Crippen MR) is 152 cm³/mol. The van der Waals surface area contributed by atoms with Crippen molar-refractivity contribution < 1.29 is 23.8 Å². The summed E-state index contributed by atoms with van der Waals surface area (Å²) < 4.78 is 16.0. The highest BCUT2D eigenvalue weighted by atomic mass is 16.5. The molecule has 0 bridgehead atoms. The Morgan fingerprint density at radius 1 is 0.897 bits per heavy atom. The number of unbranched alkanes of at least 4 members (excludes halogenated alkanes) is 1. The molecule has 0 aromatic heterocycles. The van der Waals surface area contributed by atoms with Crippen LogP contribution in [0.15, 0.2) is 72.8 Å². The SMILES string of the molecule is COC(=O)CCCCN(CCc1ccccc1OCc1ccccc1)C1CCCc2cc(C(=O)OC)ccc21. The normalized spacial score (nSPS) is 14.5. The molecule has 1 aliphatic rings. The number of ether oxygens (including phenoxy) is 3. The first kappa shape index (κ1) is 28.4. The molecule has 1 aliphatic carbocycles. The van der Waals surface area contributed by atoms with E-state index in [1.54, 1.807) is 0 Å². The van der Waals surface area contributed by atoms with Gasteiger partial charge in [-0.25, -0.2) is 4.79 Å². The van der Waals surface area contributed by atoms with Gasteiger partial charge in [0.1, 0.15) is 12.4 Å². The number of hydrogen-bond donors (Lipinski definition) is 0. The van der Waals surface area contributed by atoms with Crippen molar-refractivity contribution in [1.29, 1.82) is 0 Å². The minimum Gasteiger partial charge on any atom is -0.489 e. The average Bonchev–Trinajstić information content (AvgIpc) is 2.99. The van der Waals surface area contributed by atoms with Gasteiger partial charge in [-0.05, 0) is 85.5 Å². The topological polar surface area (TPSA) is 65.1 Å². The Labute approximate surface area is 231 Å². The lowest BCUT2D eigenvalue weighted by Gasteiger charge is -2.36. The van der Waals surface area contributed by atoms with E-state index in [-0.39, 0.29) is 18.0 Å². The molecular weight excluding hydrogens is 490 g/mol. The Hall–Kier alpha value is -3.64. The molecule has 3 aromatic rings. The molecule has 39 heavy (non-hydrogen) atoms. The molecule has 0 saturated heterocycles. The molecule has 0 spiro atoms. The third-order valence-electron chi connectivity index (χ3n) is 7.47. The van der Waals surface area contributed by atoms with Crippen LogP contribution in [0.5, 0.6) is 5.75 Å². The first-order valence-corrected chi connectivity index (χ1v) is 13.9. The third-order valence-corrected chi connectivity index (χ3v) is 7.47. The van der Waals surface area contributed by atoms with E-state index < -0.39 is 0 Å². The van der Waals surface area contributed by atoms with Crippen LogP contribution in [-0.4, -0.2) is 44.1 Å². The van der Waals surface area contributed by atoms with Crippen molar-refractivity contribution in [3.05, 3.63) is 101 Å². The monoisotopic (exact) mass is 529 g/mol. The van der Waals surface area contributed by atoms with Gasteiger partial charge in [-0.3, -0.25) is 9.69 Å². The van der Waals surface area contributed by atoms with Crippen molar-refractivity contribution in [3.63, 3.8) is 0 Å². The number of carbonyl (C=O) groups excluding carboxylic acids is 2. The van der Waals surface area contributed by atoms with Crippen molar-refractivity contribution in [2.45, 2.75) is 57.6 Å². The van der Waals surface area contributed by atoms with Gasteiger partial charge in [0, 0.05) is 19.0 Å². The first-order valence-electron chi connectivity index (χ1n) is 13.9. The molecule has 6 nitrogen and oxygen atoms in total. The lowest BCUT2D eigenvalue weighted by molar-refractivity contribution is -0.140. The lowest BCUT2D eigenvalue weighted by Crippen LogP contribution is -2.34. The fraction of sp³-hybridized carbons (Fsp3) is 0.394. The molecule has 0 radical (unpaired) electrons. The highest BCUT2D eigenvalue weighted by Gasteiger charge is 2.27. The number of nitrogens with zero attached hydrogens (tertiary/aromatic N) is 1. The van der Waals surface area contributed by atoms with E-state index in [1.165, 1.54) is 30.9 Å². The van der Waals surface area contributed by atoms with Crippen LogP contribution in [0.3, 0.4) is 0 Å². The van der Waals surface area contributed by atoms with Crippen LogP contribution in [0.25, 0.3) is 0 Å². The van der Waals surface area contributed by atoms with E-state index in [0.717, 1.165) is 62.9 Å². The standard InChI is InChI=1S/C33H39NO5/c1-37-32(35)17-8-9-21-34(30-15-10-14-27-23-28(33(36)38-2)18-19-29(27)30)22-20-26-13-6-7-16-31(26)39-24-25-11-4-3-5-12-25/h3-7,11-13,16,18-19,23,30H,8-10,14-15,17,20-22,24H2,1-2H3. The Morgan fingerprint density at radius 2 is 1.69 bits per heavy atom. The molecule has 206 valence electrons. The molecule has 6 heteroatoms. The van der Waals surface area contributed by atoms with Crippen LogP contribution >= 0.6 is 0 Å². The maximum absolute atomic E-state index is 12.1. The number of aryl methyl sites for hydroxylation is 1. The zero-order valence-corrected chi connectivity index (χ0v) is 23.1. The fourth-order valence-electron chi connectivity index (χ4n) is 5.37. The number of fused-ring (bicyclic) bond motifs is 1. The molecule has 0 amide bonds. The predicted octanol–water partition coefficient (Wildman–Crippen LogP) is 6.32. The molecule has 0 saturated carbocycles. The zero-order valence-electron chi connectivity index (χ0n) is 23.1. The number of esters is 2. The lowest BCUT2D eigenvalue weighted by atomic mass is 9.85. The summed E-state index contributed by atoms with van der Waals surface area (Å²) in [5, 5.41) is 0. The van der Waals surface area contributed by atoms with E-state index in [2.05, 4.69) is 35.2 Å². The van der Waals surface area contributed by atoms with Gasteiger partial charge in [0.25, 0.3) is 0 Å². The molecule has 1 unspecified atom stereocenters. The summed E-state index contributed by atoms with van der Waals surface area (Å²) in [5.74, 6) is 0.454. The van der Waals surface area contributed by atoms with Crippen LogP contribution < -0.4 is 4.74 Å². The van der Waals surface area contributed by atoms with Crippen LogP contribution in [0, 0.1) is 0 Å². The largest absolute Gasteiger partial charge is 0.489 e. The highest BCUT2D eigenvalue weighted by Crippen LogP contribution is 2.35. The maximum Gasteiger partial charge on any atom is 0.337 e. The molecular formula is C33H39NO5. The Kier molecular flexibility index (Phi) is 10.5. The quantitative estimate of drug-likeness (QED) is 0.191. The van der Waals surface area contributed by atoms with E-state index in [0.29, 0.717) is 18.6 Å². The van der Waals surface area contributed by atoms with Crippen molar-refractivity contribution in [2.75, 3.05) is 27.3 Å². The second-order valence-electron chi connectivity index (χ2n) is 10.0. The summed E-state index contributed by atoms with van der Waals surface area (Å²) in [6, 6.07) is 24.7.